The van der Waals surface area contributed by atoms with E-state index in [1.54, 1.807) is 12.1 Å². The number of hydrogen-bond donors (Lipinski definition) is 1. The average Bonchev–Trinajstić information content (AvgIpc) is 2.95. The Morgan fingerprint density at radius 1 is 1.24 bits per heavy atom. The molecule has 0 spiro atoms. The third-order valence-corrected chi connectivity index (χ3v) is 3.96. The lowest BCUT2D eigenvalue weighted by Crippen LogP contribution is -2.19. The van der Waals surface area contributed by atoms with Crippen molar-refractivity contribution in [2.45, 2.75) is 16.7 Å². The van der Waals surface area contributed by atoms with Crippen molar-refractivity contribution in [2.24, 2.45) is 0 Å². The molecule has 0 aliphatic carbocycles. The van der Waals surface area contributed by atoms with Crippen LogP contribution in [-0.4, -0.2) is 41.6 Å². The van der Waals surface area contributed by atoms with Crippen LogP contribution in [0.2, 0.25) is 0 Å². The fourth-order valence-corrected chi connectivity index (χ4v) is 2.79. The zero-order chi connectivity index (χ0) is 14.7. The first kappa shape index (κ1) is 13.5. The SMILES string of the molecule is O=C(O)C(Cc1ccccc1)Sc1ccc2nnnn2n1. The quantitative estimate of drug-likeness (QED) is 0.710. The molecular weight excluding hydrogens is 290 g/mol. The van der Waals surface area contributed by atoms with E-state index >= 15 is 0 Å². The molecule has 0 aliphatic heterocycles. The van der Waals surface area contributed by atoms with Crippen molar-refractivity contribution in [1.82, 2.24) is 25.3 Å². The normalized spacial score (nSPS) is 12.4. The standard InChI is InChI=1S/C13H11N5O2S/c19-13(20)10(8-9-4-2-1-3-5-9)21-12-7-6-11-14-16-17-18(11)15-12/h1-7,10H,8H2,(H,19,20). The monoisotopic (exact) mass is 301 g/mol. The number of rotatable bonds is 5. The minimum atomic E-state index is -0.873. The summed E-state index contributed by atoms with van der Waals surface area (Å²) < 4.78 is 1.28. The lowest BCUT2D eigenvalue weighted by Gasteiger charge is -2.11. The second kappa shape index (κ2) is 5.88. The molecule has 0 radical (unpaired) electrons. The Hall–Kier alpha value is -2.48. The molecule has 2 aromatic heterocycles. The Kier molecular flexibility index (Phi) is 3.78. The number of aromatic nitrogens is 5. The van der Waals surface area contributed by atoms with Gasteiger partial charge in [0.1, 0.15) is 10.3 Å². The molecule has 1 atom stereocenters. The Morgan fingerprint density at radius 3 is 2.81 bits per heavy atom. The van der Waals surface area contributed by atoms with Crippen molar-refractivity contribution in [3.05, 3.63) is 48.0 Å². The maximum atomic E-state index is 11.4. The third-order valence-electron chi connectivity index (χ3n) is 2.85. The molecular formula is C13H11N5O2S. The Bertz CT molecular complexity index is 761. The average molecular weight is 301 g/mol. The van der Waals surface area contributed by atoms with Crippen LogP contribution in [0, 0.1) is 0 Å². The van der Waals surface area contributed by atoms with Gasteiger partial charge >= 0.3 is 5.97 Å². The first-order valence-corrected chi connectivity index (χ1v) is 7.09. The minimum Gasteiger partial charge on any atom is -0.480 e. The molecule has 0 aliphatic rings. The van der Waals surface area contributed by atoms with E-state index in [0.717, 1.165) is 5.56 Å². The van der Waals surface area contributed by atoms with Crippen LogP contribution < -0.4 is 0 Å². The number of nitrogens with zero attached hydrogens (tertiary/aromatic N) is 5. The van der Waals surface area contributed by atoms with Crippen molar-refractivity contribution in [3.63, 3.8) is 0 Å². The zero-order valence-electron chi connectivity index (χ0n) is 10.8. The number of carbonyl (C=O) groups is 1. The molecule has 0 saturated carbocycles. The minimum absolute atomic E-state index is 0.427. The van der Waals surface area contributed by atoms with Gasteiger partial charge in [-0.15, -0.1) is 14.8 Å². The maximum absolute atomic E-state index is 11.4. The third kappa shape index (κ3) is 3.16. The molecule has 3 aromatic rings. The topological polar surface area (TPSA) is 93.3 Å². The summed E-state index contributed by atoms with van der Waals surface area (Å²) >= 11 is 1.18. The molecule has 2 heterocycles. The van der Waals surface area contributed by atoms with Gasteiger partial charge in [0.05, 0.1) is 0 Å². The number of thioether (sulfide) groups is 1. The van der Waals surface area contributed by atoms with Gasteiger partial charge in [-0.25, -0.2) is 0 Å². The van der Waals surface area contributed by atoms with E-state index in [1.165, 1.54) is 16.4 Å². The summed E-state index contributed by atoms with van der Waals surface area (Å²) in [6, 6.07) is 12.9. The molecule has 7 nitrogen and oxygen atoms in total. The molecule has 1 N–H and O–H groups in total. The first-order chi connectivity index (χ1) is 10.2. The fourth-order valence-electron chi connectivity index (χ4n) is 1.85. The first-order valence-electron chi connectivity index (χ1n) is 6.21. The van der Waals surface area contributed by atoms with E-state index in [1.807, 2.05) is 30.3 Å². The highest BCUT2D eigenvalue weighted by atomic mass is 32.2. The van der Waals surface area contributed by atoms with E-state index in [4.69, 9.17) is 0 Å². The number of carboxylic acid groups (broad SMARTS) is 1. The Balaban J connectivity index is 1.79. The molecule has 8 heteroatoms. The van der Waals surface area contributed by atoms with E-state index < -0.39 is 11.2 Å². The summed E-state index contributed by atoms with van der Waals surface area (Å²) in [6.45, 7) is 0. The van der Waals surface area contributed by atoms with Crippen LogP contribution in [0.4, 0.5) is 0 Å². The number of tetrazole rings is 1. The summed E-state index contributed by atoms with van der Waals surface area (Å²) in [5, 5.41) is 24.5. The van der Waals surface area contributed by atoms with Crippen molar-refractivity contribution >= 4 is 23.4 Å². The largest absolute Gasteiger partial charge is 0.480 e. The number of fused-ring (bicyclic) bond motifs is 1. The summed E-state index contributed by atoms with van der Waals surface area (Å²) in [5.74, 6) is -0.873. The Labute approximate surface area is 124 Å². The van der Waals surface area contributed by atoms with Crippen LogP contribution in [0.5, 0.6) is 0 Å². The highest BCUT2D eigenvalue weighted by Crippen LogP contribution is 2.24. The van der Waals surface area contributed by atoms with Crippen LogP contribution in [0.15, 0.2) is 47.5 Å². The van der Waals surface area contributed by atoms with E-state index in [0.29, 0.717) is 17.1 Å². The van der Waals surface area contributed by atoms with Gasteiger partial charge in [-0.3, -0.25) is 4.79 Å². The van der Waals surface area contributed by atoms with Crippen LogP contribution in [0.1, 0.15) is 5.56 Å². The van der Waals surface area contributed by atoms with Gasteiger partial charge in [-0.05, 0) is 34.5 Å². The maximum Gasteiger partial charge on any atom is 0.317 e. The number of aliphatic carboxylic acids is 1. The predicted molar refractivity (Wildman–Crippen MR) is 76.0 cm³/mol. The fraction of sp³-hybridized carbons (Fsp3) is 0.154. The second-order valence-electron chi connectivity index (χ2n) is 4.33. The van der Waals surface area contributed by atoms with Crippen LogP contribution in [0.3, 0.4) is 0 Å². The van der Waals surface area contributed by atoms with Gasteiger partial charge in [0.25, 0.3) is 0 Å². The van der Waals surface area contributed by atoms with E-state index in [-0.39, 0.29) is 0 Å². The van der Waals surface area contributed by atoms with Crippen molar-refractivity contribution < 1.29 is 9.90 Å². The number of hydrogen-bond acceptors (Lipinski definition) is 6. The summed E-state index contributed by atoms with van der Waals surface area (Å²) in [6.07, 6.45) is 0.427. The molecule has 106 valence electrons. The van der Waals surface area contributed by atoms with Crippen molar-refractivity contribution in [3.8, 4) is 0 Å². The van der Waals surface area contributed by atoms with Crippen LogP contribution in [-0.2, 0) is 11.2 Å². The lowest BCUT2D eigenvalue weighted by atomic mass is 10.1. The summed E-state index contributed by atoms with van der Waals surface area (Å²) in [7, 11) is 0. The molecule has 1 unspecified atom stereocenters. The van der Waals surface area contributed by atoms with Gasteiger partial charge in [-0.1, -0.05) is 42.1 Å². The Morgan fingerprint density at radius 2 is 2.05 bits per heavy atom. The molecule has 0 saturated heterocycles. The zero-order valence-corrected chi connectivity index (χ0v) is 11.6. The van der Waals surface area contributed by atoms with Gasteiger partial charge in [0.2, 0.25) is 0 Å². The molecule has 21 heavy (non-hydrogen) atoms. The van der Waals surface area contributed by atoms with Gasteiger partial charge < -0.3 is 5.11 Å². The molecule has 0 fully saturated rings. The van der Waals surface area contributed by atoms with Gasteiger partial charge in [0.15, 0.2) is 5.65 Å². The smallest absolute Gasteiger partial charge is 0.317 e. The van der Waals surface area contributed by atoms with E-state index in [9.17, 15) is 9.90 Å². The molecule has 0 amide bonds. The van der Waals surface area contributed by atoms with Crippen molar-refractivity contribution in [2.75, 3.05) is 0 Å². The highest BCUT2D eigenvalue weighted by Gasteiger charge is 2.20. The van der Waals surface area contributed by atoms with E-state index in [2.05, 4.69) is 20.6 Å². The summed E-state index contributed by atoms with van der Waals surface area (Å²) in [5.41, 5.74) is 1.50. The van der Waals surface area contributed by atoms with Crippen LogP contribution >= 0.6 is 11.8 Å². The van der Waals surface area contributed by atoms with Gasteiger partial charge in [0, 0.05) is 0 Å². The summed E-state index contributed by atoms with van der Waals surface area (Å²) in [4.78, 5) is 11.4. The lowest BCUT2D eigenvalue weighted by molar-refractivity contribution is -0.136. The van der Waals surface area contributed by atoms with Crippen LogP contribution in [0.25, 0.3) is 5.65 Å². The number of carboxylic acids is 1. The number of benzene rings is 1. The molecule has 3 rings (SSSR count). The van der Waals surface area contributed by atoms with Gasteiger partial charge in [-0.2, -0.15) is 0 Å². The molecule has 1 aromatic carbocycles. The second-order valence-corrected chi connectivity index (χ2v) is 5.56. The van der Waals surface area contributed by atoms with Crippen molar-refractivity contribution in [1.29, 1.82) is 0 Å². The highest BCUT2D eigenvalue weighted by molar-refractivity contribution is 8.00. The molecule has 0 bridgehead atoms. The predicted octanol–water partition coefficient (Wildman–Crippen LogP) is 1.31.